The molecule has 2 rings (SSSR count). The summed E-state index contributed by atoms with van der Waals surface area (Å²) in [6.45, 7) is 1.78. The first kappa shape index (κ1) is 14.7. The molecule has 0 bridgehead atoms. The van der Waals surface area contributed by atoms with Crippen LogP contribution in [0.4, 0.5) is 0 Å². The molecule has 1 saturated carbocycles. The highest BCUT2D eigenvalue weighted by Crippen LogP contribution is 2.21. The average Bonchev–Trinajstić information content (AvgIpc) is 2.48. The maximum Gasteiger partial charge on any atom is 0.260 e. The lowest BCUT2D eigenvalue weighted by atomic mass is 9.95. The predicted octanol–water partition coefficient (Wildman–Crippen LogP) is 2.91. The summed E-state index contributed by atoms with van der Waals surface area (Å²) in [5.74, 6) is 1.33. The summed E-state index contributed by atoms with van der Waals surface area (Å²) in [5.41, 5.74) is 0. The maximum atomic E-state index is 12.1. The van der Waals surface area contributed by atoms with E-state index >= 15 is 0 Å². The Morgan fingerprint density at radius 2 is 1.95 bits per heavy atom. The van der Waals surface area contributed by atoms with E-state index in [1.54, 1.807) is 20.1 Å². The highest BCUT2D eigenvalue weighted by Gasteiger charge is 2.20. The van der Waals surface area contributed by atoms with Crippen molar-refractivity contribution in [2.24, 2.45) is 0 Å². The Morgan fingerprint density at radius 1 is 1.25 bits per heavy atom. The number of methoxy groups -OCH3 is 1. The molecule has 110 valence electrons. The number of hydrogen-bond donors (Lipinski definition) is 1. The van der Waals surface area contributed by atoms with Crippen LogP contribution in [0.2, 0.25) is 0 Å². The van der Waals surface area contributed by atoms with Crippen molar-refractivity contribution >= 4 is 5.91 Å². The molecule has 1 N–H and O–H groups in total. The van der Waals surface area contributed by atoms with Crippen molar-refractivity contribution in [3.8, 4) is 11.5 Å². The van der Waals surface area contributed by atoms with Crippen LogP contribution in [0.15, 0.2) is 24.3 Å². The normalized spacial score (nSPS) is 17.3. The molecule has 0 aliphatic heterocycles. The lowest BCUT2D eigenvalue weighted by Crippen LogP contribution is -2.43. The average molecular weight is 277 g/mol. The predicted molar refractivity (Wildman–Crippen MR) is 78.1 cm³/mol. The Labute approximate surface area is 120 Å². The fourth-order valence-electron chi connectivity index (χ4n) is 2.50. The van der Waals surface area contributed by atoms with Crippen molar-refractivity contribution in [2.75, 3.05) is 7.11 Å². The van der Waals surface area contributed by atoms with E-state index in [0.29, 0.717) is 11.8 Å². The molecular weight excluding hydrogens is 254 g/mol. The molecule has 4 nitrogen and oxygen atoms in total. The molecule has 4 heteroatoms. The van der Waals surface area contributed by atoms with Crippen LogP contribution >= 0.6 is 0 Å². The molecule has 1 aromatic carbocycles. The first-order chi connectivity index (χ1) is 9.69. The Hall–Kier alpha value is -1.71. The summed E-state index contributed by atoms with van der Waals surface area (Å²) in [5, 5.41) is 3.07. The second-order valence-corrected chi connectivity index (χ2v) is 5.28. The Morgan fingerprint density at radius 3 is 2.65 bits per heavy atom. The molecule has 20 heavy (non-hydrogen) atoms. The fourth-order valence-corrected chi connectivity index (χ4v) is 2.50. The van der Waals surface area contributed by atoms with Crippen LogP contribution in [0.25, 0.3) is 0 Å². The lowest BCUT2D eigenvalue weighted by molar-refractivity contribution is -0.128. The number of benzene rings is 1. The SMILES string of the molecule is COc1cccc(O[C@@H](C)C(=O)NC2CCCCC2)c1. The van der Waals surface area contributed by atoms with E-state index in [1.165, 1.54) is 19.3 Å². The number of rotatable bonds is 5. The monoisotopic (exact) mass is 277 g/mol. The second kappa shape index (κ2) is 7.17. The van der Waals surface area contributed by atoms with Gasteiger partial charge in [0.15, 0.2) is 6.10 Å². The Balaban J connectivity index is 1.86. The van der Waals surface area contributed by atoms with E-state index in [4.69, 9.17) is 9.47 Å². The van der Waals surface area contributed by atoms with Gasteiger partial charge in [-0.1, -0.05) is 25.3 Å². The van der Waals surface area contributed by atoms with Crippen LogP contribution in [-0.2, 0) is 4.79 Å². The van der Waals surface area contributed by atoms with Gasteiger partial charge in [-0.2, -0.15) is 0 Å². The molecule has 0 radical (unpaired) electrons. The molecule has 0 heterocycles. The van der Waals surface area contributed by atoms with E-state index in [-0.39, 0.29) is 5.91 Å². The van der Waals surface area contributed by atoms with Crippen molar-refractivity contribution < 1.29 is 14.3 Å². The van der Waals surface area contributed by atoms with Crippen molar-refractivity contribution in [3.05, 3.63) is 24.3 Å². The molecule has 1 fully saturated rings. The number of hydrogen-bond acceptors (Lipinski definition) is 3. The summed E-state index contributed by atoms with van der Waals surface area (Å²) < 4.78 is 10.8. The van der Waals surface area contributed by atoms with Crippen molar-refractivity contribution in [2.45, 2.75) is 51.2 Å². The zero-order valence-electron chi connectivity index (χ0n) is 12.2. The molecule has 0 aromatic heterocycles. The number of carbonyl (C=O) groups excluding carboxylic acids is 1. The van der Waals surface area contributed by atoms with Gasteiger partial charge in [0.05, 0.1) is 7.11 Å². The molecule has 0 spiro atoms. The zero-order chi connectivity index (χ0) is 14.4. The van der Waals surface area contributed by atoms with Crippen molar-refractivity contribution in [3.63, 3.8) is 0 Å². The molecule has 0 unspecified atom stereocenters. The van der Waals surface area contributed by atoms with Gasteiger partial charge >= 0.3 is 0 Å². The number of amides is 1. The van der Waals surface area contributed by atoms with Gasteiger partial charge in [-0.3, -0.25) is 4.79 Å². The van der Waals surface area contributed by atoms with Crippen LogP contribution in [0, 0.1) is 0 Å². The molecule has 1 amide bonds. The fraction of sp³-hybridized carbons (Fsp3) is 0.562. The molecule has 1 aliphatic carbocycles. The van der Waals surface area contributed by atoms with Crippen LogP contribution in [0.3, 0.4) is 0 Å². The number of ether oxygens (including phenoxy) is 2. The van der Waals surface area contributed by atoms with E-state index in [2.05, 4.69) is 5.32 Å². The minimum Gasteiger partial charge on any atom is -0.497 e. The van der Waals surface area contributed by atoms with Gasteiger partial charge in [0.25, 0.3) is 5.91 Å². The van der Waals surface area contributed by atoms with Gasteiger partial charge in [-0.05, 0) is 31.9 Å². The standard InChI is InChI=1S/C16H23NO3/c1-12(16(18)17-13-7-4-3-5-8-13)20-15-10-6-9-14(11-15)19-2/h6,9-13H,3-5,7-8H2,1-2H3,(H,17,18)/t12-/m0/s1. The third-order valence-corrected chi connectivity index (χ3v) is 3.67. The topological polar surface area (TPSA) is 47.6 Å². The van der Waals surface area contributed by atoms with Gasteiger partial charge in [-0.15, -0.1) is 0 Å². The summed E-state index contributed by atoms with van der Waals surface area (Å²) in [4.78, 5) is 12.1. The Bertz CT molecular complexity index is 441. The van der Waals surface area contributed by atoms with E-state index in [9.17, 15) is 4.79 Å². The minimum absolute atomic E-state index is 0.0419. The number of carbonyl (C=O) groups is 1. The van der Waals surface area contributed by atoms with Gasteiger partial charge in [0, 0.05) is 12.1 Å². The van der Waals surface area contributed by atoms with E-state index in [0.717, 1.165) is 18.6 Å². The first-order valence-electron chi connectivity index (χ1n) is 7.30. The van der Waals surface area contributed by atoms with Gasteiger partial charge in [-0.25, -0.2) is 0 Å². The van der Waals surface area contributed by atoms with Gasteiger partial charge in [0.1, 0.15) is 11.5 Å². The van der Waals surface area contributed by atoms with Crippen LogP contribution < -0.4 is 14.8 Å². The third-order valence-electron chi connectivity index (χ3n) is 3.67. The molecule has 1 aliphatic rings. The van der Waals surface area contributed by atoms with Crippen LogP contribution in [0.1, 0.15) is 39.0 Å². The highest BCUT2D eigenvalue weighted by molar-refractivity contribution is 5.81. The first-order valence-corrected chi connectivity index (χ1v) is 7.30. The highest BCUT2D eigenvalue weighted by atomic mass is 16.5. The quantitative estimate of drug-likeness (QED) is 0.900. The van der Waals surface area contributed by atoms with E-state index in [1.807, 2.05) is 18.2 Å². The molecule has 0 saturated heterocycles. The van der Waals surface area contributed by atoms with Gasteiger partial charge < -0.3 is 14.8 Å². The Kier molecular flexibility index (Phi) is 5.27. The summed E-state index contributed by atoms with van der Waals surface area (Å²) in [7, 11) is 1.61. The third kappa shape index (κ3) is 4.15. The zero-order valence-corrected chi connectivity index (χ0v) is 12.2. The minimum atomic E-state index is -0.496. The molecule has 1 atom stereocenters. The lowest BCUT2D eigenvalue weighted by Gasteiger charge is -2.24. The van der Waals surface area contributed by atoms with Crippen molar-refractivity contribution in [1.29, 1.82) is 0 Å². The molecule has 1 aromatic rings. The maximum absolute atomic E-state index is 12.1. The van der Waals surface area contributed by atoms with Crippen LogP contribution in [-0.4, -0.2) is 25.2 Å². The second-order valence-electron chi connectivity index (χ2n) is 5.28. The molecular formula is C16H23NO3. The summed E-state index contributed by atoms with van der Waals surface area (Å²) in [6.07, 6.45) is 5.35. The van der Waals surface area contributed by atoms with E-state index < -0.39 is 6.10 Å². The smallest absolute Gasteiger partial charge is 0.260 e. The number of nitrogens with one attached hydrogen (secondary N) is 1. The van der Waals surface area contributed by atoms with Gasteiger partial charge in [0.2, 0.25) is 0 Å². The largest absolute Gasteiger partial charge is 0.497 e. The van der Waals surface area contributed by atoms with Crippen LogP contribution in [0.5, 0.6) is 11.5 Å². The van der Waals surface area contributed by atoms with Crippen molar-refractivity contribution in [1.82, 2.24) is 5.32 Å². The summed E-state index contributed by atoms with van der Waals surface area (Å²) in [6, 6.07) is 7.62. The summed E-state index contributed by atoms with van der Waals surface area (Å²) >= 11 is 0.